The van der Waals surface area contributed by atoms with Gasteiger partial charge in [-0.05, 0) is 73.4 Å². The second-order valence-corrected chi connectivity index (χ2v) is 11.6. The Hall–Kier alpha value is -1.63. The van der Waals surface area contributed by atoms with E-state index in [0.29, 0.717) is 5.75 Å². The van der Waals surface area contributed by atoms with Gasteiger partial charge in [-0.2, -0.15) is 0 Å². The summed E-state index contributed by atoms with van der Waals surface area (Å²) >= 11 is 6.20. The zero-order chi connectivity index (χ0) is 20.5. The maximum atomic E-state index is 12.6. The molecule has 2 aromatic rings. The fourth-order valence-electron chi connectivity index (χ4n) is 5.69. The molecule has 1 saturated heterocycles. The molecule has 0 unspecified atom stereocenters. The molecule has 30 heavy (non-hydrogen) atoms. The number of benzene rings is 1. The minimum atomic E-state index is -1.00. The molecule has 3 heterocycles. The number of rotatable bonds is 4. The van der Waals surface area contributed by atoms with Crippen molar-refractivity contribution in [2.75, 3.05) is 35.7 Å². The highest BCUT2D eigenvalue weighted by molar-refractivity contribution is 7.85. The summed E-state index contributed by atoms with van der Waals surface area (Å²) in [5.74, 6) is 2.37. The Morgan fingerprint density at radius 1 is 1.17 bits per heavy atom. The molecule has 0 bridgehead atoms. The molecule has 6 rings (SSSR count). The molecule has 2 aliphatic heterocycles. The van der Waals surface area contributed by atoms with Crippen molar-refractivity contribution in [2.45, 2.75) is 49.0 Å². The Morgan fingerprint density at radius 3 is 2.70 bits per heavy atom. The van der Waals surface area contributed by atoms with Crippen LogP contribution in [0.1, 0.15) is 36.0 Å². The number of pyridine rings is 1. The van der Waals surface area contributed by atoms with Gasteiger partial charge in [-0.1, -0.05) is 17.7 Å². The third-order valence-corrected chi connectivity index (χ3v) is 9.21. The summed E-state index contributed by atoms with van der Waals surface area (Å²) in [4.78, 5) is 8.15. The minimum Gasteiger partial charge on any atom is -0.394 e. The summed E-state index contributed by atoms with van der Waals surface area (Å²) in [5.41, 5.74) is 3.94. The van der Waals surface area contributed by atoms with Crippen LogP contribution in [0, 0.1) is 5.41 Å². The van der Waals surface area contributed by atoms with Gasteiger partial charge in [0.2, 0.25) is 0 Å². The molecule has 2 fully saturated rings. The van der Waals surface area contributed by atoms with Gasteiger partial charge in [-0.25, -0.2) is 4.98 Å². The monoisotopic (exact) mass is 443 g/mol. The van der Waals surface area contributed by atoms with E-state index < -0.39 is 10.8 Å². The fraction of sp³-hybridized carbons (Fsp3) is 0.522. The maximum absolute atomic E-state index is 12.6. The molecule has 1 aromatic carbocycles. The first kappa shape index (κ1) is 19.1. The number of fused-ring (bicyclic) bond motifs is 2. The molecule has 1 atom stereocenters. The lowest BCUT2D eigenvalue weighted by molar-refractivity contribution is 0.143. The van der Waals surface area contributed by atoms with Crippen LogP contribution < -0.4 is 10.2 Å². The van der Waals surface area contributed by atoms with Crippen LogP contribution in [-0.2, 0) is 30.1 Å². The lowest BCUT2D eigenvalue weighted by Crippen LogP contribution is -2.57. The zero-order valence-electron chi connectivity index (χ0n) is 16.9. The molecule has 1 saturated carbocycles. The van der Waals surface area contributed by atoms with E-state index in [1.165, 1.54) is 11.1 Å². The highest BCUT2D eigenvalue weighted by Crippen LogP contribution is 2.47. The number of aryl methyl sites for hydroxylation is 1. The van der Waals surface area contributed by atoms with Gasteiger partial charge >= 0.3 is 0 Å². The zero-order valence-corrected chi connectivity index (χ0v) is 18.5. The predicted octanol–water partition coefficient (Wildman–Crippen LogP) is 3.33. The van der Waals surface area contributed by atoms with Crippen LogP contribution in [-0.4, -0.2) is 45.3 Å². The first-order valence-corrected chi connectivity index (χ1v) is 12.5. The molecule has 5 nitrogen and oxygen atoms in total. The van der Waals surface area contributed by atoms with Gasteiger partial charge in [-0.15, -0.1) is 0 Å². The van der Waals surface area contributed by atoms with Gasteiger partial charge < -0.3 is 15.3 Å². The summed E-state index contributed by atoms with van der Waals surface area (Å²) in [6.07, 6.45) is 5.99. The summed E-state index contributed by atoms with van der Waals surface area (Å²) in [7, 11) is -1.00. The normalized spacial score (nSPS) is 24.9. The SMILES string of the molecule is O=[S@@]1CCc2cc(N3CC4(Cc5ccc(Cl)cc5C4)C3)nc(NC3(CO)CCC3)c21. The van der Waals surface area contributed by atoms with Crippen molar-refractivity contribution in [1.82, 2.24) is 4.98 Å². The Kier molecular flexibility index (Phi) is 4.25. The van der Waals surface area contributed by atoms with E-state index >= 15 is 0 Å². The molecule has 1 aromatic heterocycles. The molecular formula is C23H26ClN3O2S. The van der Waals surface area contributed by atoms with E-state index in [1.807, 2.05) is 6.07 Å². The molecule has 1 spiro atoms. The lowest BCUT2D eigenvalue weighted by Gasteiger charge is -2.49. The Morgan fingerprint density at radius 2 is 1.97 bits per heavy atom. The number of aliphatic hydroxyl groups is 1. The molecule has 0 radical (unpaired) electrons. The molecule has 4 aliphatic rings. The first-order chi connectivity index (χ1) is 14.5. The fourth-order valence-corrected chi connectivity index (χ4v) is 7.26. The van der Waals surface area contributed by atoms with E-state index in [0.717, 1.165) is 78.7 Å². The number of halogens is 1. The summed E-state index contributed by atoms with van der Waals surface area (Å²) in [6.45, 7) is 2.06. The third kappa shape index (κ3) is 2.91. The van der Waals surface area contributed by atoms with Crippen molar-refractivity contribution >= 4 is 34.0 Å². The van der Waals surface area contributed by atoms with Crippen LogP contribution >= 0.6 is 11.6 Å². The number of hydrogen-bond donors (Lipinski definition) is 2. The Balaban J connectivity index is 1.27. The second-order valence-electron chi connectivity index (χ2n) is 9.66. The Bertz CT molecular complexity index is 1060. The van der Waals surface area contributed by atoms with E-state index in [9.17, 15) is 9.32 Å². The van der Waals surface area contributed by atoms with Crippen LogP contribution in [0.15, 0.2) is 29.2 Å². The smallest absolute Gasteiger partial charge is 0.145 e. The number of aliphatic hydroxyl groups excluding tert-OH is 1. The molecule has 7 heteroatoms. The Labute approximate surface area is 184 Å². The van der Waals surface area contributed by atoms with Gasteiger partial charge in [0.25, 0.3) is 0 Å². The number of aromatic nitrogens is 1. The van der Waals surface area contributed by atoms with E-state index in [4.69, 9.17) is 16.6 Å². The van der Waals surface area contributed by atoms with Gasteiger partial charge in [0.15, 0.2) is 0 Å². The standard InChI is InChI=1S/C23H26ClN3O2S/c24-18-3-2-16-10-22(11-17(16)8-18)12-27(13-22)19-9-15-4-7-30(29)20(15)21(25-19)26-23(14-28)5-1-6-23/h2-3,8-9,28H,1,4-7,10-14H2,(H,25,26)/t30-/m1/s1. The second kappa shape index (κ2) is 6.68. The largest absolute Gasteiger partial charge is 0.394 e. The summed E-state index contributed by atoms with van der Waals surface area (Å²) in [6, 6.07) is 8.43. The van der Waals surface area contributed by atoms with Crippen molar-refractivity contribution in [3.05, 3.63) is 46.0 Å². The predicted molar refractivity (Wildman–Crippen MR) is 120 cm³/mol. The van der Waals surface area contributed by atoms with Crippen LogP contribution in [0.2, 0.25) is 5.02 Å². The number of nitrogens with zero attached hydrogens (tertiary/aromatic N) is 2. The highest BCUT2D eigenvalue weighted by Gasteiger charge is 2.48. The van der Waals surface area contributed by atoms with Gasteiger partial charge in [-0.3, -0.25) is 4.21 Å². The van der Waals surface area contributed by atoms with E-state index in [1.54, 1.807) is 0 Å². The van der Waals surface area contributed by atoms with Gasteiger partial charge in [0.1, 0.15) is 11.6 Å². The summed E-state index contributed by atoms with van der Waals surface area (Å²) in [5, 5.41) is 14.2. The van der Waals surface area contributed by atoms with Crippen molar-refractivity contribution < 1.29 is 9.32 Å². The number of anilines is 2. The van der Waals surface area contributed by atoms with Crippen LogP contribution in [0.4, 0.5) is 11.6 Å². The molecule has 2 aliphatic carbocycles. The topological polar surface area (TPSA) is 65.5 Å². The average molecular weight is 444 g/mol. The molecule has 158 valence electrons. The lowest BCUT2D eigenvalue weighted by atomic mass is 9.77. The third-order valence-electron chi connectivity index (χ3n) is 7.49. The summed E-state index contributed by atoms with van der Waals surface area (Å²) < 4.78 is 12.6. The van der Waals surface area contributed by atoms with Crippen molar-refractivity contribution in [3.63, 3.8) is 0 Å². The van der Waals surface area contributed by atoms with Crippen LogP contribution in [0.25, 0.3) is 0 Å². The van der Waals surface area contributed by atoms with Crippen molar-refractivity contribution in [3.8, 4) is 0 Å². The quantitative estimate of drug-likeness (QED) is 0.758. The molecular weight excluding hydrogens is 418 g/mol. The van der Waals surface area contributed by atoms with Crippen LogP contribution in [0.5, 0.6) is 0 Å². The first-order valence-electron chi connectivity index (χ1n) is 10.8. The maximum Gasteiger partial charge on any atom is 0.145 e. The number of hydrogen-bond acceptors (Lipinski definition) is 5. The van der Waals surface area contributed by atoms with E-state index in [2.05, 4.69) is 28.4 Å². The van der Waals surface area contributed by atoms with Crippen molar-refractivity contribution in [1.29, 1.82) is 0 Å². The average Bonchev–Trinajstić information content (AvgIpc) is 3.24. The highest BCUT2D eigenvalue weighted by atomic mass is 35.5. The molecule has 2 N–H and O–H groups in total. The van der Waals surface area contributed by atoms with Crippen molar-refractivity contribution in [2.24, 2.45) is 5.41 Å². The van der Waals surface area contributed by atoms with Gasteiger partial charge in [0, 0.05) is 29.3 Å². The van der Waals surface area contributed by atoms with Crippen LogP contribution in [0.3, 0.4) is 0 Å². The van der Waals surface area contributed by atoms with E-state index in [-0.39, 0.29) is 17.6 Å². The minimum absolute atomic E-state index is 0.0912. The molecule has 0 amide bonds. The number of nitrogens with one attached hydrogen (secondary N) is 1. The van der Waals surface area contributed by atoms with Gasteiger partial charge in [0.05, 0.1) is 27.8 Å².